The van der Waals surface area contributed by atoms with Crippen LogP contribution in [0.2, 0.25) is 0 Å². The number of nitriles is 1. The van der Waals surface area contributed by atoms with Crippen molar-refractivity contribution in [2.24, 2.45) is 0 Å². The summed E-state index contributed by atoms with van der Waals surface area (Å²) in [4.78, 5) is 11.8. The second-order valence-corrected chi connectivity index (χ2v) is 5.28. The van der Waals surface area contributed by atoms with E-state index in [1.54, 1.807) is 24.3 Å². The average molecular weight is 287 g/mol. The summed E-state index contributed by atoms with van der Waals surface area (Å²) in [5, 5.41) is 14.9. The molecule has 2 rings (SSSR count). The van der Waals surface area contributed by atoms with Crippen molar-refractivity contribution in [1.82, 2.24) is 5.32 Å². The first kappa shape index (κ1) is 15.5. The van der Waals surface area contributed by atoms with Gasteiger partial charge in [0.15, 0.2) is 0 Å². The van der Waals surface area contributed by atoms with Gasteiger partial charge >= 0.3 is 0 Å². The molecule has 1 fully saturated rings. The van der Waals surface area contributed by atoms with Gasteiger partial charge in [-0.25, -0.2) is 0 Å². The molecule has 0 saturated carbocycles. The molecule has 0 radical (unpaired) electrons. The number of amides is 1. The first-order valence-electron chi connectivity index (χ1n) is 7.34. The quantitative estimate of drug-likeness (QED) is 0.839. The smallest absolute Gasteiger partial charge is 0.225 e. The zero-order chi connectivity index (χ0) is 15.1. The van der Waals surface area contributed by atoms with Gasteiger partial charge in [0, 0.05) is 31.3 Å². The highest BCUT2D eigenvalue weighted by molar-refractivity contribution is 5.90. The predicted octanol–water partition coefficient (Wildman–Crippen LogP) is 2.04. The molecule has 0 aliphatic carbocycles. The van der Waals surface area contributed by atoms with Gasteiger partial charge < -0.3 is 15.4 Å². The Hall–Kier alpha value is -1.90. The van der Waals surface area contributed by atoms with Crippen LogP contribution >= 0.6 is 0 Å². The van der Waals surface area contributed by atoms with E-state index in [1.165, 1.54) is 0 Å². The zero-order valence-corrected chi connectivity index (χ0v) is 12.3. The molecule has 21 heavy (non-hydrogen) atoms. The topological polar surface area (TPSA) is 74.2 Å². The van der Waals surface area contributed by atoms with Crippen LogP contribution in [0.1, 0.15) is 31.7 Å². The van der Waals surface area contributed by atoms with Crippen molar-refractivity contribution in [1.29, 1.82) is 5.26 Å². The summed E-state index contributed by atoms with van der Waals surface area (Å²) >= 11 is 0. The highest BCUT2D eigenvalue weighted by Gasteiger charge is 2.21. The van der Waals surface area contributed by atoms with Gasteiger partial charge in [0.1, 0.15) is 0 Å². The lowest BCUT2D eigenvalue weighted by Crippen LogP contribution is -2.38. The van der Waals surface area contributed by atoms with Crippen LogP contribution in [0.4, 0.5) is 5.69 Å². The van der Waals surface area contributed by atoms with Crippen molar-refractivity contribution >= 4 is 11.6 Å². The van der Waals surface area contributed by atoms with Crippen molar-refractivity contribution in [3.63, 3.8) is 0 Å². The van der Waals surface area contributed by atoms with E-state index in [-0.39, 0.29) is 18.1 Å². The third kappa shape index (κ3) is 4.85. The Morgan fingerprint density at radius 3 is 2.86 bits per heavy atom. The molecule has 1 aliphatic heterocycles. The van der Waals surface area contributed by atoms with Gasteiger partial charge in [-0.1, -0.05) is 0 Å². The maximum absolute atomic E-state index is 11.8. The number of carbonyl (C=O) groups excluding carboxylic acids is 1. The van der Waals surface area contributed by atoms with Crippen LogP contribution in [0, 0.1) is 11.3 Å². The third-order valence-electron chi connectivity index (χ3n) is 3.64. The number of ether oxygens (including phenoxy) is 1. The van der Waals surface area contributed by atoms with Gasteiger partial charge in [-0.05, 0) is 44.0 Å². The number of nitrogens with one attached hydrogen (secondary N) is 2. The summed E-state index contributed by atoms with van der Waals surface area (Å²) in [7, 11) is 0. The molecular formula is C16H21N3O2. The second-order valence-electron chi connectivity index (χ2n) is 5.28. The molecule has 5 nitrogen and oxygen atoms in total. The van der Waals surface area contributed by atoms with Crippen LogP contribution in [-0.2, 0) is 9.53 Å². The number of hydrogen-bond donors (Lipinski definition) is 2. The summed E-state index contributed by atoms with van der Waals surface area (Å²) in [5.74, 6) is -0.0354. The van der Waals surface area contributed by atoms with E-state index >= 15 is 0 Å². The Bertz CT molecular complexity index is 501. The Balaban J connectivity index is 1.68. The largest absolute Gasteiger partial charge is 0.377 e. The van der Waals surface area contributed by atoms with Crippen molar-refractivity contribution in [3.8, 4) is 6.07 Å². The molecule has 1 aliphatic rings. The minimum atomic E-state index is -0.0354. The molecule has 1 aromatic rings. The molecule has 1 aromatic carbocycles. The van der Waals surface area contributed by atoms with Crippen molar-refractivity contribution in [3.05, 3.63) is 29.8 Å². The lowest BCUT2D eigenvalue weighted by molar-refractivity contribution is -0.116. The Kier molecular flexibility index (Phi) is 5.73. The van der Waals surface area contributed by atoms with E-state index in [4.69, 9.17) is 10.00 Å². The van der Waals surface area contributed by atoms with Crippen LogP contribution in [0.25, 0.3) is 0 Å². The molecule has 1 heterocycles. The Morgan fingerprint density at radius 1 is 1.48 bits per heavy atom. The molecule has 0 bridgehead atoms. The molecule has 1 amide bonds. The molecule has 2 unspecified atom stereocenters. The number of hydrogen-bond acceptors (Lipinski definition) is 4. The molecular weight excluding hydrogens is 266 g/mol. The minimum Gasteiger partial charge on any atom is -0.377 e. The summed E-state index contributed by atoms with van der Waals surface area (Å²) in [6.45, 7) is 3.56. The fourth-order valence-corrected chi connectivity index (χ4v) is 2.39. The van der Waals surface area contributed by atoms with E-state index in [0.717, 1.165) is 19.4 Å². The predicted molar refractivity (Wildman–Crippen MR) is 80.8 cm³/mol. The number of benzene rings is 1. The first-order chi connectivity index (χ1) is 10.2. The van der Waals surface area contributed by atoms with Crippen LogP contribution in [-0.4, -0.2) is 31.2 Å². The van der Waals surface area contributed by atoms with E-state index in [2.05, 4.69) is 17.6 Å². The third-order valence-corrected chi connectivity index (χ3v) is 3.64. The van der Waals surface area contributed by atoms with Gasteiger partial charge in [-0.2, -0.15) is 5.26 Å². The number of rotatable bonds is 6. The maximum Gasteiger partial charge on any atom is 0.225 e. The van der Waals surface area contributed by atoms with E-state index in [0.29, 0.717) is 24.2 Å². The average Bonchev–Trinajstić information content (AvgIpc) is 3.02. The molecule has 1 saturated heterocycles. The summed E-state index contributed by atoms with van der Waals surface area (Å²) in [6.07, 6.45) is 2.89. The first-order valence-corrected chi connectivity index (χ1v) is 7.34. The van der Waals surface area contributed by atoms with Crippen LogP contribution in [0.15, 0.2) is 24.3 Å². The van der Waals surface area contributed by atoms with Crippen LogP contribution in [0.5, 0.6) is 0 Å². The van der Waals surface area contributed by atoms with Crippen LogP contribution < -0.4 is 10.6 Å². The Morgan fingerprint density at radius 2 is 2.24 bits per heavy atom. The maximum atomic E-state index is 11.8. The van der Waals surface area contributed by atoms with E-state index < -0.39 is 0 Å². The van der Waals surface area contributed by atoms with Gasteiger partial charge in [-0.3, -0.25) is 4.79 Å². The number of anilines is 1. The minimum absolute atomic E-state index is 0.0354. The fraction of sp³-hybridized carbons (Fsp3) is 0.500. The van der Waals surface area contributed by atoms with Crippen LogP contribution in [0.3, 0.4) is 0 Å². The normalized spacial score (nSPS) is 19.0. The highest BCUT2D eigenvalue weighted by atomic mass is 16.5. The Labute approximate surface area is 125 Å². The van der Waals surface area contributed by atoms with E-state index in [9.17, 15) is 4.79 Å². The molecule has 2 atom stereocenters. The lowest BCUT2D eigenvalue weighted by atomic mass is 10.1. The van der Waals surface area contributed by atoms with Gasteiger partial charge in [-0.15, -0.1) is 0 Å². The standard InChI is InChI=1S/C16H21N3O2/c1-12(15-3-2-10-21-15)18-9-8-16(20)19-14-6-4-13(11-17)5-7-14/h4-7,12,15,18H,2-3,8-10H2,1H3,(H,19,20). The SMILES string of the molecule is CC(NCCC(=O)Nc1ccc(C#N)cc1)C1CCCO1. The monoisotopic (exact) mass is 287 g/mol. The van der Waals surface area contributed by atoms with Gasteiger partial charge in [0.25, 0.3) is 0 Å². The summed E-state index contributed by atoms with van der Waals surface area (Å²) in [6, 6.07) is 9.17. The molecule has 112 valence electrons. The molecule has 5 heteroatoms. The zero-order valence-electron chi connectivity index (χ0n) is 12.3. The van der Waals surface area contributed by atoms with Crippen molar-refractivity contribution in [2.45, 2.75) is 38.3 Å². The molecule has 2 N–H and O–H groups in total. The highest BCUT2D eigenvalue weighted by Crippen LogP contribution is 2.15. The van der Waals surface area contributed by atoms with Crippen molar-refractivity contribution in [2.75, 3.05) is 18.5 Å². The fourth-order valence-electron chi connectivity index (χ4n) is 2.39. The number of nitrogens with zero attached hydrogens (tertiary/aromatic N) is 1. The summed E-state index contributed by atoms with van der Waals surface area (Å²) < 4.78 is 5.60. The number of carbonyl (C=O) groups is 1. The molecule has 0 aromatic heterocycles. The lowest BCUT2D eigenvalue weighted by Gasteiger charge is -2.19. The summed E-state index contributed by atoms with van der Waals surface area (Å²) in [5.41, 5.74) is 1.30. The van der Waals surface area contributed by atoms with Crippen molar-refractivity contribution < 1.29 is 9.53 Å². The van der Waals surface area contributed by atoms with Gasteiger partial charge in [0.05, 0.1) is 17.7 Å². The molecule has 0 spiro atoms. The second kappa shape index (κ2) is 7.77. The van der Waals surface area contributed by atoms with Gasteiger partial charge in [0.2, 0.25) is 5.91 Å². The van der Waals surface area contributed by atoms with E-state index in [1.807, 2.05) is 6.07 Å².